The van der Waals surface area contributed by atoms with Crippen LogP contribution in [0.1, 0.15) is 20.3 Å². The van der Waals surface area contributed by atoms with E-state index in [1.165, 1.54) is 0 Å². The number of nitrogens with zero attached hydrogens (tertiary/aromatic N) is 1. The van der Waals surface area contributed by atoms with Gasteiger partial charge < -0.3 is 10.6 Å². The Bertz CT molecular complexity index is 184. The lowest BCUT2D eigenvalue weighted by molar-refractivity contribution is 0.717. The van der Waals surface area contributed by atoms with E-state index in [-0.39, 0.29) is 0 Å². The third-order valence-corrected chi connectivity index (χ3v) is 1.70. The van der Waals surface area contributed by atoms with Gasteiger partial charge in [-0.2, -0.15) is 0 Å². The fourth-order valence-corrected chi connectivity index (χ4v) is 1.07. The van der Waals surface area contributed by atoms with Gasteiger partial charge in [-0.3, -0.25) is 4.99 Å². The van der Waals surface area contributed by atoms with E-state index in [2.05, 4.69) is 41.6 Å². The van der Waals surface area contributed by atoms with Gasteiger partial charge >= 0.3 is 0 Å². The lowest BCUT2D eigenvalue weighted by Crippen LogP contribution is -2.37. The van der Waals surface area contributed by atoms with Crippen molar-refractivity contribution in [2.75, 3.05) is 13.1 Å². The van der Waals surface area contributed by atoms with E-state index >= 15 is 0 Å². The van der Waals surface area contributed by atoms with Gasteiger partial charge in [-0.05, 0) is 13.3 Å². The first kappa shape index (κ1) is 9.10. The molecule has 0 bridgehead atoms. The molecule has 0 aromatic carbocycles. The number of allylic oxidation sites excluding steroid dienone is 1. The second kappa shape index (κ2) is 4.80. The zero-order chi connectivity index (χ0) is 8.81. The molecule has 0 aromatic heterocycles. The fourth-order valence-electron chi connectivity index (χ4n) is 1.07. The van der Waals surface area contributed by atoms with E-state index in [4.69, 9.17) is 0 Å². The summed E-state index contributed by atoms with van der Waals surface area (Å²) in [6.45, 7) is 6.01. The van der Waals surface area contributed by atoms with E-state index < -0.39 is 0 Å². The van der Waals surface area contributed by atoms with Crippen molar-refractivity contribution >= 4 is 5.96 Å². The summed E-state index contributed by atoms with van der Waals surface area (Å²) in [6.07, 6.45) is 5.36. The molecule has 3 heteroatoms. The molecule has 0 amide bonds. The van der Waals surface area contributed by atoms with Gasteiger partial charge in [0, 0.05) is 12.6 Å². The molecule has 12 heavy (non-hydrogen) atoms. The second-order valence-corrected chi connectivity index (χ2v) is 3.00. The number of nitrogens with one attached hydrogen (secondary N) is 2. The van der Waals surface area contributed by atoms with Crippen molar-refractivity contribution in [3.8, 4) is 0 Å². The van der Waals surface area contributed by atoms with Crippen LogP contribution in [0.25, 0.3) is 0 Å². The lowest BCUT2D eigenvalue weighted by Gasteiger charge is -2.05. The third-order valence-electron chi connectivity index (χ3n) is 1.70. The molecule has 2 N–H and O–H groups in total. The molecule has 1 aliphatic heterocycles. The van der Waals surface area contributed by atoms with Gasteiger partial charge in [-0.15, -0.1) is 0 Å². The fraction of sp³-hybridized carbons (Fsp3) is 0.667. The topological polar surface area (TPSA) is 36.4 Å². The highest BCUT2D eigenvalue weighted by molar-refractivity contribution is 5.81. The Morgan fingerprint density at radius 1 is 1.67 bits per heavy atom. The molecule has 1 rings (SSSR count). The molecule has 68 valence electrons. The van der Waals surface area contributed by atoms with E-state index in [0.717, 1.165) is 25.5 Å². The first-order valence-electron chi connectivity index (χ1n) is 4.52. The van der Waals surface area contributed by atoms with Gasteiger partial charge in [-0.1, -0.05) is 19.1 Å². The predicted octanol–water partition coefficient (Wildman–Crippen LogP) is 0.890. The monoisotopic (exact) mass is 167 g/mol. The molecule has 0 aliphatic carbocycles. The summed E-state index contributed by atoms with van der Waals surface area (Å²) in [4.78, 5) is 4.27. The van der Waals surface area contributed by atoms with E-state index in [1.54, 1.807) is 0 Å². The zero-order valence-electron chi connectivity index (χ0n) is 7.80. The highest BCUT2D eigenvalue weighted by Gasteiger charge is 2.10. The van der Waals surface area contributed by atoms with Crippen LogP contribution in [-0.4, -0.2) is 25.1 Å². The summed E-state index contributed by atoms with van der Waals surface area (Å²) in [5.41, 5.74) is 0. The Morgan fingerprint density at radius 2 is 2.50 bits per heavy atom. The Kier molecular flexibility index (Phi) is 3.64. The Balaban J connectivity index is 2.12. The maximum atomic E-state index is 4.27. The standard InChI is InChI=1S/C9H17N3/c1-3-4-5-6-10-9-11-7-8(2)12-9/h4-5,8H,3,6-7H2,1-2H3,(H2,10,11,12)/b5-4+. The first-order valence-corrected chi connectivity index (χ1v) is 4.52. The molecule has 0 saturated heterocycles. The summed E-state index contributed by atoms with van der Waals surface area (Å²) >= 11 is 0. The number of rotatable bonds is 3. The van der Waals surface area contributed by atoms with Crippen LogP contribution in [0, 0.1) is 0 Å². The Morgan fingerprint density at radius 3 is 3.08 bits per heavy atom. The summed E-state index contributed by atoms with van der Waals surface area (Å²) in [7, 11) is 0. The maximum Gasteiger partial charge on any atom is 0.191 e. The van der Waals surface area contributed by atoms with Gasteiger partial charge in [0.25, 0.3) is 0 Å². The largest absolute Gasteiger partial charge is 0.353 e. The third kappa shape index (κ3) is 2.95. The first-order chi connectivity index (χ1) is 5.83. The number of guanidine groups is 1. The van der Waals surface area contributed by atoms with Crippen LogP contribution in [0.15, 0.2) is 17.1 Å². The normalized spacial score (nSPS) is 22.5. The molecule has 0 saturated carbocycles. The van der Waals surface area contributed by atoms with E-state index in [1.807, 2.05) is 0 Å². The molecule has 1 heterocycles. The quantitative estimate of drug-likeness (QED) is 0.612. The minimum atomic E-state index is 0.489. The molecule has 0 fully saturated rings. The van der Waals surface area contributed by atoms with Crippen LogP contribution in [0.3, 0.4) is 0 Å². The van der Waals surface area contributed by atoms with Crippen molar-refractivity contribution in [2.45, 2.75) is 26.3 Å². The van der Waals surface area contributed by atoms with Crippen molar-refractivity contribution < 1.29 is 0 Å². The molecule has 1 atom stereocenters. The van der Waals surface area contributed by atoms with Gasteiger partial charge in [-0.25, -0.2) is 0 Å². The van der Waals surface area contributed by atoms with Crippen LogP contribution in [-0.2, 0) is 0 Å². The SMILES string of the molecule is CC/C=C/CNC1=NCC(C)N1. The number of hydrogen-bond acceptors (Lipinski definition) is 3. The summed E-state index contributed by atoms with van der Waals surface area (Å²) in [6, 6.07) is 0.489. The molecule has 3 nitrogen and oxygen atoms in total. The average Bonchev–Trinajstić information content (AvgIpc) is 2.45. The van der Waals surface area contributed by atoms with Crippen molar-refractivity contribution in [2.24, 2.45) is 4.99 Å². The van der Waals surface area contributed by atoms with Crippen molar-refractivity contribution in [3.05, 3.63) is 12.2 Å². The average molecular weight is 167 g/mol. The molecule has 0 radical (unpaired) electrons. The summed E-state index contributed by atoms with van der Waals surface area (Å²) in [5.74, 6) is 0.934. The molecule has 0 aromatic rings. The zero-order valence-corrected chi connectivity index (χ0v) is 7.80. The number of hydrogen-bond donors (Lipinski definition) is 2. The molecular formula is C9H17N3. The van der Waals surface area contributed by atoms with Crippen molar-refractivity contribution in [1.29, 1.82) is 0 Å². The van der Waals surface area contributed by atoms with Gasteiger partial charge in [0.2, 0.25) is 0 Å². The van der Waals surface area contributed by atoms with E-state index in [9.17, 15) is 0 Å². The Labute approximate surface area is 74.0 Å². The molecular weight excluding hydrogens is 150 g/mol. The summed E-state index contributed by atoms with van der Waals surface area (Å²) < 4.78 is 0. The van der Waals surface area contributed by atoms with Crippen molar-refractivity contribution in [1.82, 2.24) is 10.6 Å². The van der Waals surface area contributed by atoms with Crippen LogP contribution in [0.5, 0.6) is 0 Å². The van der Waals surface area contributed by atoms with Gasteiger partial charge in [0.15, 0.2) is 5.96 Å². The van der Waals surface area contributed by atoms with Gasteiger partial charge in [0.1, 0.15) is 0 Å². The van der Waals surface area contributed by atoms with Crippen LogP contribution in [0.4, 0.5) is 0 Å². The second-order valence-electron chi connectivity index (χ2n) is 3.00. The lowest BCUT2D eigenvalue weighted by atomic mass is 10.4. The van der Waals surface area contributed by atoms with Crippen LogP contribution < -0.4 is 10.6 Å². The number of aliphatic imine (C=N–C) groups is 1. The predicted molar refractivity (Wildman–Crippen MR) is 52.3 cm³/mol. The summed E-state index contributed by atoms with van der Waals surface area (Å²) in [5, 5.41) is 6.43. The van der Waals surface area contributed by atoms with Crippen LogP contribution >= 0.6 is 0 Å². The minimum Gasteiger partial charge on any atom is -0.353 e. The smallest absolute Gasteiger partial charge is 0.191 e. The molecule has 1 unspecified atom stereocenters. The van der Waals surface area contributed by atoms with E-state index in [0.29, 0.717) is 6.04 Å². The molecule has 0 spiro atoms. The van der Waals surface area contributed by atoms with Crippen molar-refractivity contribution in [3.63, 3.8) is 0 Å². The minimum absolute atomic E-state index is 0.489. The highest BCUT2D eigenvalue weighted by Crippen LogP contribution is 1.91. The van der Waals surface area contributed by atoms with Crippen LogP contribution in [0.2, 0.25) is 0 Å². The molecule has 1 aliphatic rings. The highest BCUT2D eigenvalue weighted by atomic mass is 15.2. The maximum absolute atomic E-state index is 4.27. The van der Waals surface area contributed by atoms with Gasteiger partial charge in [0.05, 0.1) is 6.54 Å². The Hall–Kier alpha value is -0.990.